The average molecular weight is 367 g/mol. The molecule has 0 aromatic carbocycles. The zero-order chi connectivity index (χ0) is 18.1. The van der Waals surface area contributed by atoms with E-state index in [1.807, 2.05) is 24.4 Å². The van der Waals surface area contributed by atoms with Gasteiger partial charge in [0.15, 0.2) is 0 Å². The van der Waals surface area contributed by atoms with Crippen LogP contribution in [-0.4, -0.2) is 34.4 Å². The zero-order valence-electron chi connectivity index (χ0n) is 14.6. The molecule has 0 aliphatic carbocycles. The molecule has 1 fully saturated rings. The summed E-state index contributed by atoms with van der Waals surface area (Å²) in [5.74, 6) is -0.161. The largest absolute Gasteiger partial charge is 0.397 e. The first-order chi connectivity index (χ1) is 12.7. The van der Waals surface area contributed by atoms with Crippen LogP contribution in [0.2, 0.25) is 0 Å². The molecule has 134 valence electrons. The molecule has 1 atom stereocenters. The molecule has 4 heterocycles. The van der Waals surface area contributed by atoms with Gasteiger partial charge in [-0.25, -0.2) is 4.98 Å². The molecule has 1 unspecified atom stereocenters. The lowest BCUT2D eigenvalue weighted by Crippen LogP contribution is -2.23. The van der Waals surface area contributed by atoms with Crippen molar-refractivity contribution in [2.75, 3.05) is 19.3 Å². The van der Waals surface area contributed by atoms with E-state index in [1.54, 1.807) is 13.2 Å². The molecule has 1 aliphatic rings. The van der Waals surface area contributed by atoms with Gasteiger partial charge in [-0.15, -0.1) is 11.3 Å². The number of hydrogen-bond acceptors (Lipinski definition) is 6. The Balaban J connectivity index is 1.64. The second-order valence-electron chi connectivity index (χ2n) is 6.50. The van der Waals surface area contributed by atoms with Crippen LogP contribution in [0.25, 0.3) is 10.2 Å². The summed E-state index contributed by atoms with van der Waals surface area (Å²) < 4.78 is 0. The quantitative estimate of drug-likeness (QED) is 0.741. The van der Waals surface area contributed by atoms with E-state index in [0.29, 0.717) is 10.6 Å². The molecule has 1 saturated heterocycles. The van der Waals surface area contributed by atoms with E-state index in [9.17, 15) is 4.79 Å². The molecule has 1 amide bonds. The fraction of sp³-hybridized carbons (Fsp3) is 0.316. The number of nitrogens with two attached hydrogens (primary N) is 1. The second-order valence-corrected chi connectivity index (χ2v) is 7.50. The maximum Gasteiger partial charge on any atom is 0.263 e. The van der Waals surface area contributed by atoms with E-state index in [0.717, 1.165) is 41.8 Å². The van der Waals surface area contributed by atoms with Crippen molar-refractivity contribution in [2.24, 2.45) is 0 Å². The highest BCUT2D eigenvalue weighted by atomic mass is 32.1. The summed E-state index contributed by atoms with van der Waals surface area (Å²) in [5.41, 5.74) is 8.91. The number of pyridine rings is 2. The van der Waals surface area contributed by atoms with Gasteiger partial charge in [-0.1, -0.05) is 6.07 Å². The van der Waals surface area contributed by atoms with E-state index in [1.165, 1.54) is 16.9 Å². The van der Waals surface area contributed by atoms with Crippen molar-refractivity contribution in [3.63, 3.8) is 0 Å². The number of nitrogens with zero attached hydrogens (tertiary/aromatic N) is 3. The molecule has 1 aliphatic heterocycles. The molecule has 3 aromatic rings. The van der Waals surface area contributed by atoms with Gasteiger partial charge in [-0.05, 0) is 43.1 Å². The predicted molar refractivity (Wildman–Crippen MR) is 104 cm³/mol. The first-order valence-electron chi connectivity index (χ1n) is 8.71. The lowest BCUT2D eigenvalue weighted by molar-refractivity contribution is 0.0968. The average Bonchev–Trinajstić information content (AvgIpc) is 3.26. The van der Waals surface area contributed by atoms with Crippen molar-refractivity contribution < 1.29 is 4.79 Å². The zero-order valence-corrected chi connectivity index (χ0v) is 15.4. The first kappa shape index (κ1) is 16.9. The summed E-state index contributed by atoms with van der Waals surface area (Å²) in [6.07, 6.45) is 5.95. The van der Waals surface area contributed by atoms with E-state index in [-0.39, 0.29) is 11.9 Å². The third kappa shape index (κ3) is 3.04. The van der Waals surface area contributed by atoms with Crippen molar-refractivity contribution in [3.8, 4) is 0 Å². The minimum absolute atomic E-state index is 0.161. The molecule has 0 spiro atoms. The smallest absolute Gasteiger partial charge is 0.263 e. The van der Waals surface area contributed by atoms with Gasteiger partial charge in [0.1, 0.15) is 9.71 Å². The summed E-state index contributed by atoms with van der Waals surface area (Å²) in [7, 11) is 1.61. The standard InChI is InChI=1S/C19H21N5OS/c1-21-18(25)17-16(20)13-6-7-14(23-19(13)26-17)15-5-3-9-24(15)11-12-4-2-8-22-10-12/h2,4,6-8,10,15H,3,5,9,11,20H2,1H3,(H,21,25). The fourth-order valence-electron chi connectivity index (χ4n) is 3.56. The van der Waals surface area contributed by atoms with Crippen molar-refractivity contribution in [1.82, 2.24) is 20.2 Å². The van der Waals surface area contributed by atoms with E-state index < -0.39 is 0 Å². The second kappa shape index (κ2) is 7.01. The molecule has 6 nitrogen and oxygen atoms in total. The van der Waals surface area contributed by atoms with Gasteiger partial charge in [0.2, 0.25) is 0 Å². The summed E-state index contributed by atoms with van der Waals surface area (Å²) in [6.45, 7) is 1.92. The van der Waals surface area contributed by atoms with Crippen LogP contribution in [0.5, 0.6) is 0 Å². The van der Waals surface area contributed by atoms with Gasteiger partial charge < -0.3 is 11.1 Å². The third-order valence-electron chi connectivity index (χ3n) is 4.86. The van der Waals surface area contributed by atoms with Crippen molar-refractivity contribution in [1.29, 1.82) is 0 Å². The topological polar surface area (TPSA) is 84.1 Å². The number of thiophene rings is 1. The van der Waals surface area contributed by atoms with Crippen LogP contribution in [0.3, 0.4) is 0 Å². The number of nitrogens with one attached hydrogen (secondary N) is 1. The third-order valence-corrected chi connectivity index (χ3v) is 5.98. The maximum atomic E-state index is 12.0. The number of fused-ring (bicyclic) bond motifs is 1. The van der Waals surface area contributed by atoms with Crippen LogP contribution in [-0.2, 0) is 6.54 Å². The highest BCUT2D eigenvalue weighted by Gasteiger charge is 2.28. The van der Waals surface area contributed by atoms with Gasteiger partial charge in [-0.2, -0.15) is 0 Å². The molecule has 3 N–H and O–H groups in total. The number of carbonyl (C=O) groups is 1. The Morgan fingerprint density at radius 2 is 2.31 bits per heavy atom. The first-order valence-corrected chi connectivity index (χ1v) is 9.53. The Kier molecular flexibility index (Phi) is 4.57. The van der Waals surface area contributed by atoms with Gasteiger partial charge in [-0.3, -0.25) is 14.7 Å². The molecule has 0 bridgehead atoms. The van der Waals surface area contributed by atoms with Gasteiger partial charge in [0.05, 0.1) is 17.4 Å². The monoisotopic (exact) mass is 367 g/mol. The minimum Gasteiger partial charge on any atom is -0.397 e. The number of amides is 1. The van der Waals surface area contributed by atoms with Gasteiger partial charge in [0, 0.05) is 31.4 Å². The van der Waals surface area contributed by atoms with Crippen LogP contribution >= 0.6 is 11.3 Å². The molecule has 0 radical (unpaired) electrons. The number of hydrogen-bond donors (Lipinski definition) is 2. The summed E-state index contributed by atoms with van der Waals surface area (Å²) in [6, 6.07) is 8.40. The Bertz CT molecular complexity index is 940. The fourth-order valence-corrected chi connectivity index (χ4v) is 4.60. The molecule has 3 aromatic heterocycles. The van der Waals surface area contributed by atoms with Crippen LogP contribution < -0.4 is 11.1 Å². The van der Waals surface area contributed by atoms with Crippen molar-refractivity contribution in [2.45, 2.75) is 25.4 Å². The minimum atomic E-state index is -0.161. The Morgan fingerprint density at radius 3 is 3.08 bits per heavy atom. The van der Waals surface area contributed by atoms with Crippen molar-refractivity contribution >= 4 is 33.1 Å². The Morgan fingerprint density at radius 1 is 1.42 bits per heavy atom. The van der Waals surface area contributed by atoms with Gasteiger partial charge in [0.25, 0.3) is 5.91 Å². The van der Waals surface area contributed by atoms with Crippen molar-refractivity contribution in [3.05, 3.63) is 52.8 Å². The van der Waals surface area contributed by atoms with E-state index in [2.05, 4.69) is 21.3 Å². The Labute approximate surface area is 156 Å². The number of aromatic nitrogens is 2. The summed E-state index contributed by atoms with van der Waals surface area (Å²) in [5, 5.41) is 3.49. The van der Waals surface area contributed by atoms with Crippen LogP contribution in [0.4, 0.5) is 5.69 Å². The number of likely N-dealkylation sites (tertiary alicyclic amines) is 1. The highest BCUT2D eigenvalue weighted by Crippen LogP contribution is 2.37. The summed E-state index contributed by atoms with van der Waals surface area (Å²) >= 11 is 1.36. The molecule has 7 heteroatoms. The lowest BCUT2D eigenvalue weighted by atomic mass is 10.1. The molecular formula is C19H21N5OS. The van der Waals surface area contributed by atoms with Crippen LogP contribution in [0.1, 0.15) is 39.8 Å². The number of carbonyl (C=O) groups excluding carboxylic acids is 1. The van der Waals surface area contributed by atoms with Crippen LogP contribution in [0.15, 0.2) is 36.7 Å². The Hall–Kier alpha value is -2.51. The van der Waals surface area contributed by atoms with Crippen LogP contribution in [0, 0.1) is 0 Å². The molecular weight excluding hydrogens is 346 g/mol. The number of nitrogen functional groups attached to an aromatic ring is 1. The van der Waals surface area contributed by atoms with E-state index >= 15 is 0 Å². The molecule has 4 rings (SSSR count). The SMILES string of the molecule is CNC(=O)c1sc2nc(C3CCCN3Cc3cccnc3)ccc2c1N. The summed E-state index contributed by atoms with van der Waals surface area (Å²) in [4.78, 5) is 24.8. The number of rotatable bonds is 4. The maximum absolute atomic E-state index is 12.0. The van der Waals surface area contributed by atoms with E-state index in [4.69, 9.17) is 10.7 Å². The molecule has 0 saturated carbocycles. The predicted octanol–water partition coefficient (Wildman–Crippen LogP) is 2.97. The highest BCUT2D eigenvalue weighted by molar-refractivity contribution is 7.21. The van der Waals surface area contributed by atoms with Gasteiger partial charge >= 0.3 is 0 Å². The normalized spacial score (nSPS) is 17.7. The lowest BCUT2D eigenvalue weighted by Gasteiger charge is -2.24. The molecule has 26 heavy (non-hydrogen) atoms. The number of anilines is 1.